The van der Waals surface area contributed by atoms with Crippen molar-refractivity contribution in [3.63, 3.8) is 0 Å². The summed E-state index contributed by atoms with van der Waals surface area (Å²) in [5.74, 6) is -1.09. The topological polar surface area (TPSA) is 114 Å². The Morgan fingerprint density at radius 1 is 1.13 bits per heavy atom. The van der Waals surface area contributed by atoms with Crippen LogP contribution in [0, 0.1) is 18.6 Å². The normalized spacial score (nSPS) is 16.6. The van der Waals surface area contributed by atoms with Gasteiger partial charge in [0.2, 0.25) is 5.91 Å². The van der Waals surface area contributed by atoms with Gasteiger partial charge in [-0.15, -0.1) is 0 Å². The van der Waals surface area contributed by atoms with Gasteiger partial charge in [0.15, 0.2) is 11.6 Å². The molecule has 5 rings (SSSR count). The van der Waals surface area contributed by atoms with E-state index in [1.54, 1.807) is 17.2 Å². The highest BCUT2D eigenvalue weighted by atomic mass is 35.5. The van der Waals surface area contributed by atoms with E-state index >= 15 is 8.78 Å². The van der Waals surface area contributed by atoms with Crippen molar-refractivity contribution in [2.75, 3.05) is 31.2 Å². The number of hydrogen-bond donors (Lipinski definition) is 1. The van der Waals surface area contributed by atoms with E-state index in [1.807, 2.05) is 39.5 Å². The van der Waals surface area contributed by atoms with Crippen LogP contribution in [0.4, 0.5) is 14.6 Å². The predicted molar refractivity (Wildman–Crippen MR) is 173 cm³/mol. The van der Waals surface area contributed by atoms with Crippen LogP contribution in [0.15, 0.2) is 47.9 Å². The van der Waals surface area contributed by atoms with Crippen molar-refractivity contribution in [1.82, 2.24) is 24.8 Å². The summed E-state index contributed by atoms with van der Waals surface area (Å²) in [5, 5.41) is 0.389. The first-order valence-electron chi connectivity index (χ1n) is 14.9. The Bertz CT molecular complexity index is 1870. The van der Waals surface area contributed by atoms with E-state index in [2.05, 4.69) is 26.5 Å². The Morgan fingerprint density at radius 3 is 2.57 bits per heavy atom. The van der Waals surface area contributed by atoms with E-state index in [0.29, 0.717) is 30.0 Å². The number of hydrogen-bond acceptors (Lipinski definition) is 8. The van der Waals surface area contributed by atoms with Crippen LogP contribution in [0.25, 0.3) is 22.3 Å². The molecule has 0 aliphatic carbocycles. The molecular weight excluding hydrogens is 618 g/mol. The van der Waals surface area contributed by atoms with Crippen molar-refractivity contribution >= 4 is 34.4 Å². The summed E-state index contributed by atoms with van der Waals surface area (Å²) in [6.45, 7) is 14.0. The SMILES string of the molecule is C=CC(=O)N1C[C@H](C)N(c2nc(=O)[nH]c3nc(-c4c(F)ccc(F)c4OCCOc4ccnc(C(C)C)c4C)c(Cl)cc23)C[C@H]1C. The Balaban J connectivity index is 1.46. The molecule has 10 nitrogen and oxygen atoms in total. The fourth-order valence-corrected chi connectivity index (χ4v) is 5.99. The molecule has 1 saturated heterocycles. The summed E-state index contributed by atoms with van der Waals surface area (Å²) in [4.78, 5) is 44.3. The minimum absolute atomic E-state index is 0.0111. The first-order valence-corrected chi connectivity index (χ1v) is 15.3. The molecule has 46 heavy (non-hydrogen) atoms. The first kappa shape index (κ1) is 32.8. The van der Waals surface area contributed by atoms with Gasteiger partial charge in [0, 0.05) is 42.6 Å². The monoisotopic (exact) mass is 652 g/mol. The molecule has 1 amide bonds. The average molecular weight is 653 g/mol. The van der Waals surface area contributed by atoms with Crippen LogP contribution in [0.2, 0.25) is 5.02 Å². The zero-order valence-corrected chi connectivity index (χ0v) is 27.0. The highest BCUT2D eigenvalue weighted by Gasteiger charge is 2.33. The number of carbonyl (C=O) groups excluding carboxylic acids is 1. The van der Waals surface area contributed by atoms with E-state index in [9.17, 15) is 9.59 Å². The first-order chi connectivity index (χ1) is 21.9. The molecule has 1 fully saturated rings. The Labute approximate surface area is 270 Å². The number of rotatable bonds is 9. The summed E-state index contributed by atoms with van der Waals surface area (Å²) in [5.41, 5.74) is 0.760. The van der Waals surface area contributed by atoms with Gasteiger partial charge in [0.1, 0.15) is 36.2 Å². The maximum atomic E-state index is 15.4. The summed E-state index contributed by atoms with van der Waals surface area (Å²) >= 11 is 6.69. The van der Waals surface area contributed by atoms with Gasteiger partial charge in [-0.05, 0) is 57.0 Å². The third-order valence-corrected chi connectivity index (χ3v) is 8.28. The molecule has 0 saturated carbocycles. The Kier molecular flexibility index (Phi) is 9.57. The molecule has 0 bridgehead atoms. The van der Waals surface area contributed by atoms with Gasteiger partial charge < -0.3 is 19.3 Å². The summed E-state index contributed by atoms with van der Waals surface area (Å²) < 4.78 is 42.2. The zero-order valence-electron chi connectivity index (χ0n) is 26.2. The van der Waals surface area contributed by atoms with Gasteiger partial charge in [-0.25, -0.2) is 18.6 Å². The molecule has 13 heteroatoms. The van der Waals surface area contributed by atoms with Gasteiger partial charge >= 0.3 is 5.69 Å². The number of piperazine rings is 1. The van der Waals surface area contributed by atoms with E-state index < -0.39 is 23.1 Å². The number of aromatic amines is 1. The smallest absolute Gasteiger partial charge is 0.348 e. The lowest BCUT2D eigenvalue weighted by Gasteiger charge is -2.44. The molecule has 1 aliphatic heterocycles. The van der Waals surface area contributed by atoms with Gasteiger partial charge in [-0.1, -0.05) is 32.0 Å². The Hall–Kier alpha value is -4.58. The van der Waals surface area contributed by atoms with Crippen molar-refractivity contribution in [2.45, 2.75) is 52.6 Å². The van der Waals surface area contributed by atoms with Crippen LogP contribution >= 0.6 is 11.6 Å². The number of nitrogens with zero attached hydrogens (tertiary/aromatic N) is 5. The van der Waals surface area contributed by atoms with Crippen molar-refractivity contribution < 1.29 is 23.0 Å². The second-order valence-electron chi connectivity index (χ2n) is 11.5. The minimum atomic E-state index is -0.824. The maximum absolute atomic E-state index is 15.4. The quantitative estimate of drug-likeness (QED) is 0.178. The number of H-pyrrole nitrogens is 1. The second kappa shape index (κ2) is 13.4. The number of aromatic nitrogens is 4. The van der Waals surface area contributed by atoms with Crippen molar-refractivity contribution in [3.05, 3.63) is 81.5 Å². The highest BCUT2D eigenvalue weighted by Crippen LogP contribution is 2.40. The average Bonchev–Trinajstić information content (AvgIpc) is 3.01. The van der Waals surface area contributed by atoms with Crippen LogP contribution in [-0.4, -0.2) is 69.1 Å². The summed E-state index contributed by atoms with van der Waals surface area (Å²) in [7, 11) is 0. The lowest BCUT2D eigenvalue weighted by molar-refractivity contribution is -0.128. The summed E-state index contributed by atoms with van der Waals surface area (Å²) in [6.07, 6.45) is 2.93. The fourth-order valence-electron chi connectivity index (χ4n) is 5.74. The van der Waals surface area contributed by atoms with Gasteiger partial charge in [0.05, 0.1) is 21.7 Å². The molecule has 3 aromatic heterocycles. The molecule has 1 aliphatic rings. The third kappa shape index (κ3) is 6.39. The third-order valence-electron chi connectivity index (χ3n) is 7.99. The van der Waals surface area contributed by atoms with E-state index in [0.717, 1.165) is 23.4 Å². The standard InChI is InChI=1S/C33H35ClF2N6O4/c1-7-26(43)41-15-19(5)42(16-18(41)4)32-21-14-22(34)29(38-31(21)39-33(44)40-32)27-23(35)8-9-24(36)30(27)46-13-12-45-25-10-11-37-28(17(2)3)20(25)6/h7-11,14,17-19H,1,12-13,15-16H2,2-6H3,(H,38,39,40,44)/t18-,19+/m1/s1. The fraction of sp³-hybridized carbons (Fsp3) is 0.364. The number of ether oxygens (including phenoxy) is 2. The van der Waals surface area contributed by atoms with Crippen LogP contribution in [0.5, 0.6) is 11.5 Å². The van der Waals surface area contributed by atoms with Crippen LogP contribution in [0.3, 0.4) is 0 Å². The summed E-state index contributed by atoms with van der Waals surface area (Å²) in [6, 6.07) is 4.73. The number of fused-ring (bicyclic) bond motifs is 1. The molecule has 4 aromatic rings. The number of pyridine rings is 2. The van der Waals surface area contributed by atoms with Crippen molar-refractivity contribution in [3.8, 4) is 22.8 Å². The van der Waals surface area contributed by atoms with E-state index in [1.165, 1.54) is 12.1 Å². The van der Waals surface area contributed by atoms with Gasteiger partial charge in [-0.2, -0.15) is 4.98 Å². The number of nitrogens with one attached hydrogen (secondary N) is 1. The Morgan fingerprint density at radius 2 is 1.85 bits per heavy atom. The highest BCUT2D eigenvalue weighted by molar-refractivity contribution is 6.34. The molecule has 1 N–H and O–H groups in total. The van der Waals surface area contributed by atoms with E-state index in [-0.39, 0.29) is 59.0 Å². The predicted octanol–water partition coefficient (Wildman–Crippen LogP) is 5.81. The lowest BCUT2D eigenvalue weighted by atomic mass is 10.0. The molecule has 4 heterocycles. The number of anilines is 1. The van der Waals surface area contributed by atoms with Gasteiger partial charge in [0.25, 0.3) is 0 Å². The number of benzene rings is 1. The lowest BCUT2D eigenvalue weighted by Crippen LogP contribution is -2.58. The molecule has 2 atom stereocenters. The molecule has 0 spiro atoms. The van der Waals surface area contributed by atoms with Crippen LogP contribution in [0.1, 0.15) is 44.9 Å². The largest absolute Gasteiger partial charge is 0.490 e. The molecule has 242 valence electrons. The van der Waals surface area contributed by atoms with Crippen LogP contribution in [-0.2, 0) is 4.79 Å². The van der Waals surface area contributed by atoms with E-state index in [4.69, 9.17) is 21.1 Å². The van der Waals surface area contributed by atoms with Gasteiger partial charge in [-0.3, -0.25) is 14.8 Å². The number of carbonyl (C=O) groups is 1. The van der Waals surface area contributed by atoms with Crippen molar-refractivity contribution in [2.24, 2.45) is 0 Å². The molecular formula is C33H35ClF2N6O4. The maximum Gasteiger partial charge on any atom is 0.348 e. The molecule has 0 unspecified atom stereocenters. The van der Waals surface area contributed by atoms with Crippen molar-refractivity contribution in [1.29, 1.82) is 0 Å². The molecule has 1 aromatic carbocycles. The minimum Gasteiger partial charge on any atom is -0.490 e. The van der Waals surface area contributed by atoms with Crippen LogP contribution < -0.4 is 20.1 Å². The second-order valence-corrected chi connectivity index (χ2v) is 11.9. The molecule has 0 radical (unpaired) electrons. The number of halogens is 3. The number of amides is 1. The zero-order chi connectivity index (χ0) is 33.3.